The number of dihydropyridines is 1. The van der Waals surface area contributed by atoms with Gasteiger partial charge in [-0.2, -0.15) is 4.98 Å². The average molecular weight is 422 g/mol. The number of ether oxygens (including phenoxy) is 1. The summed E-state index contributed by atoms with van der Waals surface area (Å²) >= 11 is 12.8. The molecule has 1 aromatic heterocycles. The number of nitrogens with one attached hydrogen (secondary N) is 1. The van der Waals surface area contributed by atoms with E-state index >= 15 is 0 Å². The number of nitrogens with zero attached hydrogens (tertiary/aromatic N) is 2. The van der Waals surface area contributed by atoms with Crippen LogP contribution in [0.1, 0.15) is 50.9 Å². The Morgan fingerprint density at radius 3 is 2.54 bits per heavy atom. The summed E-state index contributed by atoms with van der Waals surface area (Å²) < 4.78 is 10.9. The van der Waals surface area contributed by atoms with Crippen LogP contribution in [0.15, 0.2) is 39.7 Å². The third kappa shape index (κ3) is 3.80. The van der Waals surface area contributed by atoms with Crippen molar-refractivity contribution in [1.29, 1.82) is 0 Å². The third-order valence-corrected chi connectivity index (χ3v) is 5.21. The Labute approximate surface area is 173 Å². The lowest BCUT2D eigenvalue weighted by Gasteiger charge is -2.31. The largest absolute Gasteiger partial charge is 0.460 e. The van der Waals surface area contributed by atoms with Gasteiger partial charge in [0, 0.05) is 17.0 Å². The Kier molecular flexibility index (Phi) is 5.82. The molecule has 2 aromatic rings. The smallest absolute Gasteiger partial charge is 0.337 e. The summed E-state index contributed by atoms with van der Waals surface area (Å²) in [4.78, 5) is 17.4. The van der Waals surface area contributed by atoms with Gasteiger partial charge in [-0.15, -0.1) is 0 Å². The van der Waals surface area contributed by atoms with Gasteiger partial charge in [0.15, 0.2) is 5.82 Å². The number of aryl methyl sites for hydroxylation is 1. The SMILES string of the molecule is CC1=C(C(=O)OC(C)C)C(c2cccc(Cl)c2Cl)C(c2nc(C)no2)=C(C)N1. The molecule has 0 saturated heterocycles. The van der Waals surface area contributed by atoms with E-state index in [9.17, 15) is 4.79 Å². The van der Waals surface area contributed by atoms with E-state index < -0.39 is 11.9 Å². The summed E-state index contributed by atoms with van der Waals surface area (Å²) in [6.45, 7) is 9.04. The van der Waals surface area contributed by atoms with E-state index in [0.29, 0.717) is 44.2 Å². The molecule has 0 fully saturated rings. The van der Waals surface area contributed by atoms with Gasteiger partial charge < -0.3 is 14.6 Å². The molecule has 1 aliphatic rings. The van der Waals surface area contributed by atoms with Gasteiger partial charge in [-0.1, -0.05) is 40.5 Å². The molecule has 0 radical (unpaired) electrons. The Balaban J connectivity index is 2.25. The van der Waals surface area contributed by atoms with Crippen molar-refractivity contribution < 1.29 is 14.1 Å². The van der Waals surface area contributed by atoms with Crippen LogP contribution in [0.25, 0.3) is 5.57 Å². The summed E-state index contributed by atoms with van der Waals surface area (Å²) in [5, 5.41) is 7.88. The highest BCUT2D eigenvalue weighted by Gasteiger charge is 2.38. The van der Waals surface area contributed by atoms with Gasteiger partial charge in [-0.25, -0.2) is 4.79 Å². The van der Waals surface area contributed by atoms with E-state index in [1.165, 1.54) is 0 Å². The monoisotopic (exact) mass is 421 g/mol. The highest BCUT2D eigenvalue weighted by Crippen LogP contribution is 2.46. The van der Waals surface area contributed by atoms with E-state index in [1.807, 2.05) is 19.9 Å². The molecule has 1 N–H and O–H groups in total. The number of hydrogen-bond donors (Lipinski definition) is 1. The lowest BCUT2D eigenvalue weighted by atomic mass is 9.80. The second-order valence-corrected chi connectivity index (χ2v) is 7.66. The van der Waals surface area contributed by atoms with Gasteiger partial charge >= 0.3 is 5.97 Å². The van der Waals surface area contributed by atoms with E-state index in [1.54, 1.807) is 32.9 Å². The fourth-order valence-electron chi connectivity index (χ4n) is 3.29. The predicted molar refractivity (Wildman–Crippen MR) is 108 cm³/mol. The molecule has 2 heterocycles. The molecule has 0 amide bonds. The minimum Gasteiger partial charge on any atom is -0.460 e. The topological polar surface area (TPSA) is 77.2 Å². The van der Waals surface area contributed by atoms with Crippen molar-refractivity contribution in [2.24, 2.45) is 0 Å². The van der Waals surface area contributed by atoms with Crippen LogP contribution in [0, 0.1) is 6.92 Å². The molecule has 1 unspecified atom stereocenters. The fourth-order valence-corrected chi connectivity index (χ4v) is 3.70. The molecule has 0 saturated carbocycles. The summed E-state index contributed by atoms with van der Waals surface area (Å²) in [5.41, 5.74) is 3.20. The van der Waals surface area contributed by atoms with E-state index in [0.717, 1.165) is 5.70 Å². The number of carbonyl (C=O) groups is 1. The van der Waals surface area contributed by atoms with Crippen LogP contribution in [-0.4, -0.2) is 22.2 Å². The molecule has 1 aromatic carbocycles. The Morgan fingerprint density at radius 1 is 1.21 bits per heavy atom. The van der Waals surface area contributed by atoms with E-state index in [2.05, 4.69) is 15.5 Å². The van der Waals surface area contributed by atoms with Crippen LogP contribution in [-0.2, 0) is 9.53 Å². The molecule has 148 valence electrons. The zero-order chi connectivity index (χ0) is 20.6. The number of carbonyl (C=O) groups excluding carboxylic acids is 1. The first kappa shape index (κ1) is 20.4. The van der Waals surface area contributed by atoms with Crippen molar-refractivity contribution in [3.63, 3.8) is 0 Å². The molecule has 8 heteroatoms. The standard InChI is InChI=1S/C20H21Cl2N3O3/c1-9(2)27-20(26)16-11(4)23-10(3)15(19-24-12(5)25-28-19)17(16)13-7-6-8-14(21)18(13)22/h6-9,17,23H,1-5H3. The quantitative estimate of drug-likeness (QED) is 0.697. The van der Waals surface area contributed by atoms with Crippen molar-refractivity contribution >= 4 is 34.7 Å². The van der Waals surface area contributed by atoms with Gasteiger partial charge in [0.2, 0.25) is 0 Å². The first-order valence-corrected chi connectivity index (χ1v) is 9.60. The molecule has 28 heavy (non-hydrogen) atoms. The lowest BCUT2D eigenvalue weighted by Crippen LogP contribution is -2.29. The van der Waals surface area contributed by atoms with E-state index in [-0.39, 0.29) is 6.10 Å². The summed E-state index contributed by atoms with van der Waals surface area (Å²) in [7, 11) is 0. The molecule has 0 bridgehead atoms. The maximum Gasteiger partial charge on any atom is 0.337 e. The molecule has 1 aliphatic heterocycles. The molecule has 0 spiro atoms. The number of hydrogen-bond acceptors (Lipinski definition) is 6. The molecular weight excluding hydrogens is 401 g/mol. The van der Waals surface area contributed by atoms with Crippen LogP contribution in [0.5, 0.6) is 0 Å². The number of halogens is 2. The van der Waals surface area contributed by atoms with E-state index in [4.69, 9.17) is 32.5 Å². The normalized spacial score (nSPS) is 17.2. The summed E-state index contributed by atoms with van der Waals surface area (Å²) in [6, 6.07) is 5.32. The van der Waals surface area contributed by atoms with Crippen molar-refractivity contribution in [2.75, 3.05) is 0 Å². The van der Waals surface area contributed by atoms with Crippen molar-refractivity contribution in [3.8, 4) is 0 Å². The van der Waals surface area contributed by atoms with Crippen molar-refractivity contribution in [3.05, 3.63) is 62.5 Å². The fraction of sp³-hybridized carbons (Fsp3) is 0.350. The van der Waals surface area contributed by atoms with Gasteiger partial charge in [-0.3, -0.25) is 0 Å². The van der Waals surface area contributed by atoms with Crippen LogP contribution < -0.4 is 5.32 Å². The van der Waals surface area contributed by atoms with Crippen LogP contribution in [0.2, 0.25) is 10.0 Å². The molecule has 6 nitrogen and oxygen atoms in total. The number of aromatic nitrogens is 2. The number of rotatable bonds is 4. The summed E-state index contributed by atoms with van der Waals surface area (Å²) in [6.07, 6.45) is -0.274. The zero-order valence-electron chi connectivity index (χ0n) is 16.3. The second kappa shape index (κ2) is 7.97. The minimum absolute atomic E-state index is 0.274. The maximum atomic E-state index is 13.0. The van der Waals surface area contributed by atoms with Crippen LogP contribution >= 0.6 is 23.2 Å². The van der Waals surface area contributed by atoms with Crippen LogP contribution in [0.4, 0.5) is 0 Å². The number of esters is 1. The predicted octanol–water partition coefficient (Wildman–Crippen LogP) is 5.03. The Morgan fingerprint density at radius 2 is 1.93 bits per heavy atom. The number of allylic oxidation sites excluding steroid dienone is 3. The molecular formula is C20H21Cl2N3O3. The van der Waals surface area contributed by atoms with Gasteiger partial charge in [0.05, 0.1) is 27.6 Å². The molecule has 3 rings (SSSR count). The molecule has 1 atom stereocenters. The Hall–Kier alpha value is -2.31. The zero-order valence-corrected chi connectivity index (χ0v) is 17.8. The van der Waals surface area contributed by atoms with Crippen molar-refractivity contribution in [2.45, 2.75) is 46.6 Å². The van der Waals surface area contributed by atoms with Crippen molar-refractivity contribution in [1.82, 2.24) is 15.5 Å². The summed E-state index contributed by atoms with van der Waals surface area (Å²) in [5.74, 6) is -0.212. The first-order chi connectivity index (χ1) is 13.2. The van der Waals surface area contributed by atoms with Gasteiger partial charge in [0.1, 0.15) is 0 Å². The second-order valence-electron chi connectivity index (χ2n) is 6.88. The average Bonchev–Trinajstić information content (AvgIpc) is 3.01. The van der Waals surface area contributed by atoms with Crippen LogP contribution in [0.3, 0.4) is 0 Å². The van der Waals surface area contributed by atoms with Gasteiger partial charge in [-0.05, 0) is 46.2 Å². The highest BCUT2D eigenvalue weighted by atomic mass is 35.5. The number of benzene rings is 1. The third-order valence-electron chi connectivity index (χ3n) is 4.37. The molecule has 0 aliphatic carbocycles. The Bertz CT molecular complexity index is 992. The maximum absolute atomic E-state index is 13.0. The van der Waals surface area contributed by atoms with Gasteiger partial charge in [0.25, 0.3) is 5.89 Å². The highest BCUT2D eigenvalue weighted by molar-refractivity contribution is 6.42. The lowest BCUT2D eigenvalue weighted by molar-refractivity contribution is -0.142. The minimum atomic E-state index is -0.571. The first-order valence-electron chi connectivity index (χ1n) is 8.84.